The number of anilines is 1. The lowest BCUT2D eigenvalue weighted by molar-refractivity contribution is 0.0929. The fraction of sp³-hybridized carbons (Fsp3) is 0.417. The molecule has 0 saturated carbocycles. The summed E-state index contributed by atoms with van der Waals surface area (Å²) in [5, 5.41) is 2.89. The van der Waals surface area contributed by atoms with Crippen LogP contribution in [0.15, 0.2) is 22.7 Å². The van der Waals surface area contributed by atoms with E-state index in [2.05, 4.69) is 21.2 Å². The van der Waals surface area contributed by atoms with Crippen LogP contribution in [0.2, 0.25) is 0 Å². The second-order valence-electron chi connectivity index (χ2n) is 3.90. The standard InChI is InChI=1S/C12H17BrN2O2/c1-8(5-6-17-2)15-12(16)10-7-9(14)3-4-11(10)13/h3-4,7-8H,5-6,14H2,1-2H3,(H,15,16). The summed E-state index contributed by atoms with van der Waals surface area (Å²) in [5.41, 5.74) is 6.78. The van der Waals surface area contributed by atoms with Crippen LogP contribution >= 0.6 is 15.9 Å². The Labute approximate surface area is 110 Å². The van der Waals surface area contributed by atoms with Gasteiger partial charge in [-0.2, -0.15) is 0 Å². The van der Waals surface area contributed by atoms with Gasteiger partial charge in [-0.3, -0.25) is 4.79 Å². The summed E-state index contributed by atoms with van der Waals surface area (Å²) in [7, 11) is 1.64. The highest BCUT2D eigenvalue weighted by Gasteiger charge is 2.12. The van der Waals surface area contributed by atoms with Gasteiger partial charge in [0.25, 0.3) is 5.91 Å². The maximum atomic E-state index is 12.0. The SMILES string of the molecule is COCCC(C)NC(=O)c1cc(N)ccc1Br. The quantitative estimate of drug-likeness (QED) is 0.819. The zero-order valence-electron chi connectivity index (χ0n) is 10.00. The van der Waals surface area contributed by atoms with Gasteiger partial charge in [-0.05, 0) is 47.5 Å². The number of hydrogen-bond acceptors (Lipinski definition) is 3. The van der Waals surface area contributed by atoms with Crippen LogP contribution in [0.1, 0.15) is 23.7 Å². The monoisotopic (exact) mass is 300 g/mol. The zero-order valence-corrected chi connectivity index (χ0v) is 11.6. The van der Waals surface area contributed by atoms with Gasteiger partial charge < -0.3 is 15.8 Å². The first-order valence-corrected chi connectivity index (χ1v) is 6.18. The molecule has 5 heteroatoms. The Morgan fingerprint density at radius 2 is 2.29 bits per heavy atom. The molecule has 0 heterocycles. The van der Waals surface area contributed by atoms with E-state index in [1.807, 2.05) is 6.92 Å². The van der Waals surface area contributed by atoms with Gasteiger partial charge in [0.1, 0.15) is 0 Å². The molecule has 1 aromatic rings. The third-order valence-electron chi connectivity index (χ3n) is 2.37. The molecule has 0 aliphatic heterocycles. The lowest BCUT2D eigenvalue weighted by atomic mass is 10.1. The Bertz CT molecular complexity index is 396. The van der Waals surface area contributed by atoms with Crippen LogP contribution in [0.3, 0.4) is 0 Å². The average Bonchev–Trinajstić information content (AvgIpc) is 2.29. The minimum atomic E-state index is -0.132. The van der Waals surface area contributed by atoms with E-state index < -0.39 is 0 Å². The molecule has 0 aliphatic rings. The summed E-state index contributed by atoms with van der Waals surface area (Å²) < 4.78 is 5.70. The van der Waals surface area contributed by atoms with E-state index in [4.69, 9.17) is 10.5 Å². The smallest absolute Gasteiger partial charge is 0.252 e. The number of benzene rings is 1. The van der Waals surface area contributed by atoms with Crippen molar-refractivity contribution < 1.29 is 9.53 Å². The van der Waals surface area contributed by atoms with E-state index in [1.54, 1.807) is 25.3 Å². The van der Waals surface area contributed by atoms with Crippen LogP contribution in [-0.4, -0.2) is 25.7 Å². The number of carbonyl (C=O) groups is 1. The van der Waals surface area contributed by atoms with Crippen LogP contribution < -0.4 is 11.1 Å². The summed E-state index contributed by atoms with van der Waals surface area (Å²) in [6, 6.07) is 5.23. The minimum absolute atomic E-state index is 0.0655. The number of rotatable bonds is 5. The second-order valence-corrected chi connectivity index (χ2v) is 4.75. The van der Waals surface area contributed by atoms with Crippen molar-refractivity contribution in [2.24, 2.45) is 0 Å². The van der Waals surface area contributed by atoms with E-state index in [0.717, 1.165) is 10.9 Å². The van der Waals surface area contributed by atoms with Crippen LogP contribution in [0, 0.1) is 0 Å². The highest BCUT2D eigenvalue weighted by atomic mass is 79.9. The largest absolute Gasteiger partial charge is 0.399 e. The predicted molar refractivity (Wildman–Crippen MR) is 72.0 cm³/mol. The van der Waals surface area contributed by atoms with Gasteiger partial charge in [-0.15, -0.1) is 0 Å². The number of nitrogen functional groups attached to an aromatic ring is 1. The van der Waals surface area contributed by atoms with E-state index >= 15 is 0 Å². The van der Waals surface area contributed by atoms with E-state index in [0.29, 0.717) is 17.9 Å². The van der Waals surface area contributed by atoms with Gasteiger partial charge in [-0.25, -0.2) is 0 Å². The number of amides is 1. The molecule has 0 spiro atoms. The average molecular weight is 301 g/mol. The first-order chi connectivity index (χ1) is 8.04. The molecular weight excluding hydrogens is 284 g/mol. The number of hydrogen-bond donors (Lipinski definition) is 2. The third kappa shape index (κ3) is 4.36. The Hall–Kier alpha value is -1.07. The number of nitrogens with one attached hydrogen (secondary N) is 1. The van der Waals surface area contributed by atoms with Crippen molar-refractivity contribution in [1.29, 1.82) is 0 Å². The predicted octanol–water partition coefficient (Wildman–Crippen LogP) is 2.19. The van der Waals surface area contributed by atoms with E-state index in [1.165, 1.54) is 0 Å². The van der Waals surface area contributed by atoms with Gasteiger partial charge in [0.15, 0.2) is 0 Å². The van der Waals surface area contributed by atoms with E-state index in [-0.39, 0.29) is 11.9 Å². The molecule has 0 aliphatic carbocycles. The molecule has 4 nitrogen and oxygen atoms in total. The van der Waals surface area contributed by atoms with Crippen molar-refractivity contribution in [2.45, 2.75) is 19.4 Å². The van der Waals surface area contributed by atoms with Crippen molar-refractivity contribution >= 4 is 27.5 Å². The fourth-order valence-electron chi connectivity index (χ4n) is 1.39. The maximum Gasteiger partial charge on any atom is 0.252 e. The number of halogens is 1. The first kappa shape index (κ1) is 14.0. The molecule has 1 amide bonds. The van der Waals surface area contributed by atoms with Crippen molar-refractivity contribution in [1.82, 2.24) is 5.32 Å². The lowest BCUT2D eigenvalue weighted by Gasteiger charge is -2.14. The highest BCUT2D eigenvalue weighted by Crippen LogP contribution is 2.19. The molecule has 1 aromatic carbocycles. The Morgan fingerprint density at radius 1 is 1.59 bits per heavy atom. The van der Waals surface area contributed by atoms with Crippen molar-refractivity contribution in [3.05, 3.63) is 28.2 Å². The summed E-state index contributed by atoms with van der Waals surface area (Å²) in [5.74, 6) is -0.132. The first-order valence-electron chi connectivity index (χ1n) is 5.39. The Kier molecular flexibility index (Phi) is 5.44. The molecule has 0 saturated heterocycles. The normalized spacial score (nSPS) is 12.2. The van der Waals surface area contributed by atoms with Crippen molar-refractivity contribution in [2.75, 3.05) is 19.5 Å². The molecule has 94 valence electrons. The Balaban J connectivity index is 2.66. The van der Waals surface area contributed by atoms with E-state index in [9.17, 15) is 4.79 Å². The van der Waals surface area contributed by atoms with Crippen LogP contribution in [-0.2, 0) is 4.74 Å². The molecular formula is C12H17BrN2O2. The van der Waals surface area contributed by atoms with Crippen molar-refractivity contribution in [3.8, 4) is 0 Å². The summed E-state index contributed by atoms with van der Waals surface area (Å²) in [4.78, 5) is 12.0. The number of nitrogens with two attached hydrogens (primary N) is 1. The topological polar surface area (TPSA) is 64.3 Å². The molecule has 1 rings (SSSR count). The molecule has 17 heavy (non-hydrogen) atoms. The maximum absolute atomic E-state index is 12.0. The molecule has 1 unspecified atom stereocenters. The molecule has 3 N–H and O–H groups in total. The van der Waals surface area contributed by atoms with Crippen LogP contribution in [0.4, 0.5) is 5.69 Å². The second kappa shape index (κ2) is 6.61. The van der Waals surface area contributed by atoms with Crippen LogP contribution in [0.25, 0.3) is 0 Å². The molecule has 0 bridgehead atoms. The van der Waals surface area contributed by atoms with Crippen LogP contribution in [0.5, 0.6) is 0 Å². The molecule has 0 aromatic heterocycles. The number of carbonyl (C=O) groups excluding carboxylic acids is 1. The molecule has 0 radical (unpaired) electrons. The number of ether oxygens (including phenoxy) is 1. The van der Waals surface area contributed by atoms with Gasteiger partial charge >= 0.3 is 0 Å². The lowest BCUT2D eigenvalue weighted by Crippen LogP contribution is -2.33. The third-order valence-corrected chi connectivity index (χ3v) is 3.06. The highest BCUT2D eigenvalue weighted by molar-refractivity contribution is 9.10. The fourth-order valence-corrected chi connectivity index (χ4v) is 1.81. The van der Waals surface area contributed by atoms with Gasteiger partial charge in [-0.1, -0.05) is 0 Å². The van der Waals surface area contributed by atoms with Gasteiger partial charge in [0.05, 0.1) is 5.56 Å². The zero-order chi connectivity index (χ0) is 12.8. The molecule has 1 atom stereocenters. The Morgan fingerprint density at radius 3 is 2.94 bits per heavy atom. The van der Waals surface area contributed by atoms with Gasteiger partial charge in [0.2, 0.25) is 0 Å². The minimum Gasteiger partial charge on any atom is -0.399 e. The van der Waals surface area contributed by atoms with Crippen molar-refractivity contribution in [3.63, 3.8) is 0 Å². The number of methoxy groups -OCH3 is 1. The summed E-state index contributed by atoms with van der Waals surface area (Å²) in [6.45, 7) is 2.57. The molecule has 0 fully saturated rings. The van der Waals surface area contributed by atoms with Gasteiger partial charge in [0, 0.05) is 29.9 Å². The summed E-state index contributed by atoms with van der Waals surface area (Å²) >= 11 is 3.33. The summed E-state index contributed by atoms with van der Waals surface area (Å²) in [6.07, 6.45) is 0.780.